The van der Waals surface area contributed by atoms with E-state index < -0.39 is 0 Å². The zero-order chi connectivity index (χ0) is 25.5. The first kappa shape index (κ1) is 26.1. The van der Waals surface area contributed by atoms with E-state index in [1.54, 1.807) is 29.6 Å². The molecular formula is C28H36N4O4. The first-order valence-electron chi connectivity index (χ1n) is 12.7. The van der Waals surface area contributed by atoms with Gasteiger partial charge in [-0.2, -0.15) is 0 Å². The van der Waals surface area contributed by atoms with Gasteiger partial charge < -0.3 is 24.4 Å². The Morgan fingerprint density at radius 1 is 1.19 bits per heavy atom. The fourth-order valence-electron chi connectivity index (χ4n) is 4.72. The predicted octanol–water partition coefficient (Wildman–Crippen LogP) is 2.45. The number of nitrogens with zero attached hydrogens (tertiary/aromatic N) is 4. The highest BCUT2D eigenvalue weighted by Crippen LogP contribution is 2.27. The number of aromatic nitrogens is 2. The van der Waals surface area contributed by atoms with Crippen LogP contribution in [0.4, 0.5) is 0 Å². The van der Waals surface area contributed by atoms with Gasteiger partial charge in [0.15, 0.2) is 0 Å². The minimum atomic E-state index is -0.321. The summed E-state index contributed by atoms with van der Waals surface area (Å²) >= 11 is 0. The van der Waals surface area contributed by atoms with Gasteiger partial charge in [0.25, 0.3) is 5.91 Å². The number of aliphatic hydroxyl groups excluding tert-OH is 1. The molecule has 2 aromatic heterocycles. The van der Waals surface area contributed by atoms with Crippen LogP contribution >= 0.6 is 0 Å². The molecule has 36 heavy (non-hydrogen) atoms. The summed E-state index contributed by atoms with van der Waals surface area (Å²) in [4.78, 5) is 26.2. The maximum atomic E-state index is 13.6. The van der Waals surface area contributed by atoms with Gasteiger partial charge in [0.05, 0.1) is 12.6 Å². The standard InChI is InChI=1S/C28H36N4O4/c1-20-16-32(21(2)19-33)28(34)25-14-24(5-4-22-6-10-29-11-7-22)15-30-27(25)36-26(20)18-31(3)17-23-8-12-35-13-9-23/h6-7,10-11,14-15,20-21,23,26,33H,8-9,12-13,16-19H2,1-3H3/t20-,21+,26+/m1/s1. The maximum Gasteiger partial charge on any atom is 0.259 e. The molecule has 3 atom stereocenters. The summed E-state index contributed by atoms with van der Waals surface area (Å²) in [6, 6.07) is 5.08. The smallest absolute Gasteiger partial charge is 0.259 e. The molecule has 1 fully saturated rings. The number of carbonyl (C=O) groups excluding carboxylic acids is 1. The molecule has 2 aliphatic heterocycles. The zero-order valence-electron chi connectivity index (χ0n) is 21.4. The third kappa shape index (κ3) is 6.61. The molecule has 8 nitrogen and oxygen atoms in total. The Kier molecular flexibility index (Phi) is 8.92. The molecule has 2 aromatic rings. The van der Waals surface area contributed by atoms with E-state index in [4.69, 9.17) is 9.47 Å². The number of rotatable bonds is 6. The maximum absolute atomic E-state index is 13.6. The molecule has 4 rings (SSSR count). The lowest BCUT2D eigenvalue weighted by Gasteiger charge is -2.38. The summed E-state index contributed by atoms with van der Waals surface area (Å²) < 4.78 is 11.9. The van der Waals surface area contributed by atoms with Gasteiger partial charge in [-0.3, -0.25) is 9.78 Å². The third-order valence-electron chi connectivity index (χ3n) is 6.95. The fraction of sp³-hybridized carbons (Fsp3) is 0.536. The molecule has 0 bridgehead atoms. The lowest BCUT2D eigenvalue weighted by atomic mass is 9.97. The first-order chi connectivity index (χ1) is 17.4. The van der Waals surface area contributed by atoms with Crippen LogP contribution in [-0.2, 0) is 4.74 Å². The van der Waals surface area contributed by atoms with Crippen LogP contribution in [-0.4, -0.2) is 89.4 Å². The molecule has 8 heteroatoms. The van der Waals surface area contributed by atoms with Gasteiger partial charge in [0.2, 0.25) is 5.88 Å². The second kappa shape index (κ2) is 12.3. The fourth-order valence-corrected chi connectivity index (χ4v) is 4.72. The van der Waals surface area contributed by atoms with E-state index >= 15 is 0 Å². The molecule has 0 spiro atoms. The molecule has 1 saturated heterocycles. The second-order valence-electron chi connectivity index (χ2n) is 9.96. The Morgan fingerprint density at radius 3 is 2.64 bits per heavy atom. The molecule has 2 aliphatic rings. The molecule has 0 radical (unpaired) electrons. The van der Waals surface area contributed by atoms with Crippen molar-refractivity contribution in [3.8, 4) is 17.7 Å². The Balaban J connectivity index is 1.59. The zero-order valence-corrected chi connectivity index (χ0v) is 21.4. The molecule has 0 unspecified atom stereocenters. The Morgan fingerprint density at radius 2 is 1.92 bits per heavy atom. The molecule has 0 saturated carbocycles. The monoisotopic (exact) mass is 492 g/mol. The van der Waals surface area contributed by atoms with Crippen LogP contribution in [0.5, 0.6) is 5.88 Å². The first-order valence-corrected chi connectivity index (χ1v) is 12.7. The molecule has 4 heterocycles. The van der Waals surface area contributed by atoms with E-state index in [-0.39, 0.29) is 30.6 Å². The van der Waals surface area contributed by atoms with Crippen molar-refractivity contribution < 1.29 is 19.4 Å². The van der Waals surface area contributed by atoms with Gasteiger partial charge >= 0.3 is 0 Å². The summed E-state index contributed by atoms with van der Waals surface area (Å²) in [5, 5.41) is 9.87. The highest BCUT2D eigenvalue weighted by molar-refractivity contribution is 5.97. The average molecular weight is 493 g/mol. The van der Waals surface area contributed by atoms with E-state index in [1.165, 1.54) is 0 Å². The van der Waals surface area contributed by atoms with Crippen molar-refractivity contribution in [3.05, 3.63) is 53.5 Å². The van der Waals surface area contributed by atoms with Gasteiger partial charge in [0.1, 0.15) is 11.7 Å². The van der Waals surface area contributed by atoms with Crippen LogP contribution in [0.15, 0.2) is 36.8 Å². The van der Waals surface area contributed by atoms with Crippen molar-refractivity contribution in [2.45, 2.75) is 38.8 Å². The number of hydrogen-bond donors (Lipinski definition) is 1. The van der Waals surface area contributed by atoms with Crippen LogP contribution in [0.3, 0.4) is 0 Å². The number of likely N-dealkylation sites (N-methyl/N-ethyl adjacent to an activating group) is 1. The Bertz CT molecular complexity index is 1080. The summed E-state index contributed by atoms with van der Waals surface area (Å²) in [6.07, 6.45) is 7.03. The van der Waals surface area contributed by atoms with E-state index in [2.05, 4.69) is 40.7 Å². The summed E-state index contributed by atoms with van der Waals surface area (Å²) in [6.45, 7) is 7.69. The Labute approximate surface area is 213 Å². The van der Waals surface area contributed by atoms with E-state index in [0.717, 1.165) is 44.7 Å². The van der Waals surface area contributed by atoms with Crippen LogP contribution < -0.4 is 4.74 Å². The SMILES string of the molecule is C[C@@H]1CN([C@@H](C)CO)C(=O)c2cc(C#Cc3ccncc3)cnc2O[C@H]1CN(C)CC1CCOCC1. The van der Waals surface area contributed by atoms with Gasteiger partial charge in [-0.05, 0) is 50.9 Å². The quantitative estimate of drug-likeness (QED) is 0.620. The number of fused-ring (bicyclic) bond motifs is 1. The van der Waals surface area contributed by atoms with Crippen molar-refractivity contribution in [2.24, 2.45) is 11.8 Å². The molecule has 0 aliphatic carbocycles. The Hall–Kier alpha value is -2.99. The number of carbonyl (C=O) groups is 1. The topological polar surface area (TPSA) is 88.0 Å². The normalized spacial score (nSPS) is 21.6. The largest absolute Gasteiger partial charge is 0.472 e. The number of hydrogen-bond acceptors (Lipinski definition) is 7. The van der Waals surface area contributed by atoms with Crippen LogP contribution in [0.1, 0.15) is 48.2 Å². The van der Waals surface area contributed by atoms with Crippen LogP contribution in [0.25, 0.3) is 0 Å². The van der Waals surface area contributed by atoms with Gasteiger partial charge in [0, 0.05) is 68.5 Å². The van der Waals surface area contributed by atoms with E-state index in [1.807, 2.05) is 19.1 Å². The predicted molar refractivity (Wildman–Crippen MR) is 137 cm³/mol. The summed E-state index contributed by atoms with van der Waals surface area (Å²) in [5.74, 6) is 6.97. The van der Waals surface area contributed by atoms with Gasteiger partial charge in [-0.25, -0.2) is 4.98 Å². The second-order valence-corrected chi connectivity index (χ2v) is 9.96. The van der Waals surface area contributed by atoms with Crippen molar-refractivity contribution >= 4 is 5.91 Å². The number of amides is 1. The number of aliphatic hydroxyl groups is 1. The van der Waals surface area contributed by atoms with Gasteiger partial charge in [-0.1, -0.05) is 18.8 Å². The number of ether oxygens (including phenoxy) is 2. The van der Waals surface area contributed by atoms with Crippen molar-refractivity contribution in [3.63, 3.8) is 0 Å². The lowest BCUT2D eigenvalue weighted by molar-refractivity contribution is 0.0254. The summed E-state index contributed by atoms with van der Waals surface area (Å²) in [5.41, 5.74) is 1.83. The van der Waals surface area contributed by atoms with E-state index in [9.17, 15) is 9.90 Å². The highest BCUT2D eigenvalue weighted by Gasteiger charge is 2.34. The number of pyridine rings is 2. The highest BCUT2D eigenvalue weighted by atomic mass is 16.5. The van der Waals surface area contributed by atoms with Gasteiger partial charge in [-0.15, -0.1) is 0 Å². The molecular weight excluding hydrogens is 456 g/mol. The van der Waals surface area contributed by atoms with Crippen LogP contribution in [0, 0.1) is 23.7 Å². The molecule has 192 valence electrons. The van der Waals surface area contributed by atoms with Crippen LogP contribution in [0.2, 0.25) is 0 Å². The van der Waals surface area contributed by atoms with Crippen molar-refractivity contribution in [2.75, 3.05) is 46.5 Å². The third-order valence-corrected chi connectivity index (χ3v) is 6.95. The minimum Gasteiger partial charge on any atom is -0.472 e. The van der Waals surface area contributed by atoms with Crippen molar-refractivity contribution in [1.82, 2.24) is 19.8 Å². The molecule has 1 amide bonds. The molecule has 0 aromatic carbocycles. The summed E-state index contributed by atoms with van der Waals surface area (Å²) in [7, 11) is 2.12. The average Bonchev–Trinajstić information content (AvgIpc) is 2.90. The molecule has 1 N–H and O–H groups in total. The van der Waals surface area contributed by atoms with Crippen molar-refractivity contribution in [1.29, 1.82) is 0 Å². The lowest BCUT2D eigenvalue weighted by Crippen LogP contribution is -2.50. The minimum absolute atomic E-state index is 0.0567. The van der Waals surface area contributed by atoms with E-state index in [0.29, 0.717) is 29.5 Å².